The van der Waals surface area contributed by atoms with Crippen LogP contribution in [0, 0.1) is 11.8 Å². The standard InChI is InChI=1S/C15H26N4/c1-4-6-13-18-14(16-3)9-15(19-13)17-10-12-8-5-7-11(12)2/h9,11-12H,4-8,10H2,1-3H3,(H2,16,17,18,19). The van der Waals surface area contributed by atoms with Crippen molar-refractivity contribution in [2.45, 2.75) is 46.0 Å². The highest BCUT2D eigenvalue weighted by Gasteiger charge is 2.22. The minimum Gasteiger partial charge on any atom is -0.373 e. The van der Waals surface area contributed by atoms with Crippen molar-refractivity contribution in [3.8, 4) is 0 Å². The van der Waals surface area contributed by atoms with Crippen LogP contribution >= 0.6 is 0 Å². The fraction of sp³-hybridized carbons (Fsp3) is 0.733. The summed E-state index contributed by atoms with van der Waals surface area (Å²) in [4.78, 5) is 9.07. The summed E-state index contributed by atoms with van der Waals surface area (Å²) in [6.45, 7) is 5.55. The quantitative estimate of drug-likeness (QED) is 0.825. The van der Waals surface area contributed by atoms with Crippen LogP contribution in [0.4, 0.5) is 11.6 Å². The number of aryl methyl sites for hydroxylation is 1. The van der Waals surface area contributed by atoms with Gasteiger partial charge in [0.15, 0.2) is 0 Å². The average Bonchev–Trinajstić information content (AvgIpc) is 2.82. The van der Waals surface area contributed by atoms with Crippen molar-refractivity contribution in [2.24, 2.45) is 11.8 Å². The highest BCUT2D eigenvalue weighted by molar-refractivity contribution is 5.47. The lowest BCUT2D eigenvalue weighted by molar-refractivity contribution is 0.439. The minimum atomic E-state index is 0.794. The minimum absolute atomic E-state index is 0.794. The fourth-order valence-electron chi connectivity index (χ4n) is 2.81. The number of nitrogens with zero attached hydrogens (tertiary/aromatic N) is 2. The lowest BCUT2D eigenvalue weighted by Gasteiger charge is -2.17. The summed E-state index contributed by atoms with van der Waals surface area (Å²) in [6, 6.07) is 2.00. The maximum absolute atomic E-state index is 4.59. The number of hydrogen-bond acceptors (Lipinski definition) is 4. The largest absolute Gasteiger partial charge is 0.373 e. The smallest absolute Gasteiger partial charge is 0.133 e. The summed E-state index contributed by atoms with van der Waals surface area (Å²) >= 11 is 0. The van der Waals surface area contributed by atoms with Gasteiger partial charge in [-0.25, -0.2) is 9.97 Å². The third-order valence-corrected chi connectivity index (χ3v) is 4.09. The van der Waals surface area contributed by atoms with E-state index in [1.807, 2.05) is 13.1 Å². The van der Waals surface area contributed by atoms with E-state index in [0.29, 0.717) is 0 Å². The molecule has 0 saturated heterocycles. The lowest BCUT2D eigenvalue weighted by atomic mass is 9.98. The van der Waals surface area contributed by atoms with Gasteiger partial charge in [-0.2, -0.15) is 0 Å². The third kappa shape index (κ3) is 3.82. The Morgan fingerprint density at radius 3 is 2.68 bits per heavy atom. The van der Waals surface area contributed by atoms with Crippen molar-refractivity contribution >= 4 is 11.6 Å². The van der Waals surface area contributed by atoms with Gasteiger partial charge < -0.3 is 10.6 Å². The first-order chi connectivity index (χ1) is 9.22. The molecular weight excluding hydrogens is 236 g/mol. The van der Waals surface area contributed by atoms with E-state index in [9.17, 15) is 0 Å². The second-order valence-corrected chi connectivity index (χ2v) is 5.60. The summed E-state index contributed by atoms with van der Waals surface area (Å²) in [5, 5.41) is 6.61. The Morgan fingerprint density at radius 1 is 1.26 bits per heavy atom. The molecule has 1 aromatic heterocycles. The van der Waals surface area contributed by atoms with Crippen LogP contribution < -0.4 is 10.6 Å². The summed E-state index contributed by atoms with van der Waals surface area (Å²) in [5.74, 6) is 4.43. The molecule has 1 heterocycles. The van der Waals surface area contributed by atoms with E-state index >= 15 is 0 Å². The van der Waals surface area contributed by atoms with Crippen LogP contribution in [0.3, 0.4) is 0 Å². The third-order valence-electron chi connectivity index (χ3n) is 4.09. The summed E-state index contributed by atoms with van der Waals surface area (Å²) in [7, 11) is 1.90. The van der Waals surface area contributed by atoms with Gasteiger partial charge in [0, 0.05) is 26.1 Å². The van der Waals surface area contributed by atoms with Crippen molar-refractivity contribution in [3.63, 3.8) is 0 Å². The average molecular weight is 262 g/mol. The van der Waals surface area contributed by atoms with E-state index in [1.54, 1.807) is 0 Å². The second-order valence-electron chi connectivity index (χ2n) is 5.60. The first-order valence-electron chi connectivity index (χ1n) is 7.52. The Hall–Kier alpha value is -1.32. The van der Waals surface area contributed by atoms with E-state index < -0.39 is 0 Å². The molecule has 0 aliphatic heterocycles. The van der Waals surface area contributed by atoms with Crippen molar-refractivity contribution in [3.05, 3.63) is 11.9 Å². The predicted molar refractivity (Wildman–Crippen MR) is 80.6 cm³/mol. The van der Waals surface area contributed by atoms with Crippen LogP contribution in [0.2, 0.25) is 0 Å². The van der Waals surface area contributed by atoms with Gasteiger partial charge in [-0.15, -0.1) is 0 Å². The predicted octanol–water partition coefficient (Wildman–Crippen LogP) is 3.32. The van der Waals surface area contributed by atoms with Gasteiger partial charge >= 0.3 is 0 Å². The van der Waals surface area contributed by atoms with Gasteiger partial charge in [-0.05, 0) is 24.7 Å². The van der Waals surface area contributed by atoms with Crippen LogP contribution in [-0.4, -0.2) is 23.6 Å². The number of hydrogen-bond donors (Lipinski definition) is 2. The maximum Gasteiger partial charge on any atom is 0.133 e. The Balaban J connectivity index is 2.00. The van der Waals surface area contributed by atoms with Gasteiger partial charge in [0.1, 0.15) is 17.5 Å². The number of anilines is 2. The van der Waals surface area contributed by atoms with E-state index in [2.05, 4.69) is 34.4 Å². The number of rotatable bonds is 6. The summed E-state index contributed by atoms with van der Waals surface area (Å²) in [6.07, 6.45) is 6.11. The molecular formula is C15H26N4. The van der Waals surface area contributed by atoms with Crippen LogP contribution in [0.1, 0.15) is 45.4 Å². The molecule has 0 radical (unpaired) electrons. The zero-order valence-corrected chi connectivity index (χ0v) is 12.4. The zero-order chi connectivity index (χ0) is 13.7. The SMILES string of the molecule is CCCc1nc(NC)cc(NCC2CCCC2C)n1. The molecule has 1 saturated carbocycles. The molecule has 0 amide bonds. The summed E-state index contributed by atoms with van der Waals surface area (Å²) in [5.41, 5.74) is 0. The van der Waals surface area contributed by atoms with Gasteiger partial charge in [0.05, 0.1) is 0 Å². The molecule has 2 rings (SSSR count). The van der Waals surface area contributed by atoms with Gasteiger partial charge in [-0.3, -0.25) is 0 Å². The van der Waals surface area contributed by atoms with Gasteiger partial charge in [-0.1, -0.05) is 26.7 Å². The molecule has 1 aliphatic rings. The molecule has 4 heteroatoms. The Morgan fingerprint density at radius 2 is 2.05 bits per heavy atom. The molecule has 2 N–H and O–H groups in total. The second kappa shape index (κ2) is 6.73. The molecule has 1 aliphatic carbocycles. The molecule has 1 aromatic rings. The van der Waals surface area contributed by atoms with Gasteiger partial charge in [0.2, 0.25) is 0 Å². The maximum atomic E-state index is 4.59. The van der Waals surface area contributed by atoms with E-state index in [0.717, 1.165) is 48.7 Å². The van der Waals surface area contributed by atoms with Crippen molar-refractivity contribution < 1.29 is 0 Å². The molecule has 4 nitrogen and oxygen atoms in total. The van der Waals surface area contributed by atoms with Crippen LogP contribution in [-0.2, 0) is 6.42 Å². The Kier molecular flexibility index (Phi) is 5.00. The van der Waals surface area contributed by atoms with E-state index in [4.69, 9.17) is 0 Å². The molecule has 19 heavy (non-hydrogen) atoms. The fourth-order valence-corrected chi connectivity index (χ4v) is 2.81. The van der Waals surface area contributed by atoms with Gasteiger partial charge in [0.25, 0.3) is 0 Å². The topological polar surface area (TPSA) is 49.8 Å². The molecule has 2 unspecified atom stereocenters. The zero-order valence-electron chi connectivity index (χ0n) is 12.4. The van der Waals surface area contributed by atoms with Crippen molar-refractivity contribution in [1.82, 2.24) is 9.97 Å². The monoisotopic (exact) mass is 262 g/mol. The highest BCUT2D eigenvalue weighted by atomic mass is 15.1. The molecule has 2 atom stereocenters. The molecule has 106 valence electrons. The molecule has 0 aromatic carbocycles. The summed E-state index contributed by atoms with van der Waals surface area (Å²) < 4.78 is 0. The molecule has 0 bridgehead atoms. The van der Waals surface area contributed by atoms with Crippen LogP contribution in [0.25, 0.3) is 0 Å². The van der Waals surface area contributed by atoms with E-state index in [1.165, 1.54) is 19.3 Å². The molecule has 1 fully saturated rings. The van der Waals surface area contributed by atoms with Crippen molar-refractivity contribution in [1.29, 1.82) is 0 Å². The normalized spacial score (nSPS) is 22.5. The number of nitrogens with one attached hydrogen (secondary N) is 2. The first-order valence-corrected chi connectivity index (χ1v) is 7.52. The lowest BCUT2D eigenvalue weighted by Crippen LogP contribution is -2.17. The van der Waals surface area contributed by atoms with Crippen LogP contribution in [0.15, 0.2) is 6.07 Å². The number of aromatic nitrogens is 2. The Labute approximate surface area is 116 Å². The van der Waals surface area contributed by atoms with Crippen LogP contribution in [0.5, 0.6) is 0 Å². The molecule has 0 spiro atoms. The highest BCUT2D eigenvalue weighted by Crippen LogP contribution is 2.31. The Bertz CT molecular complexity index is 405. The van der Waals surface area contributed by atoms with E-state index in [-0.39, 0.29) is 0 Å². The first kappa shape index (κ1) is 14.1. The van der Waals surface area contributed by atoms with Crippen molar-refractivity contribution in [2.75, 3.05) is 24.2 Å².